The summed E-state index contributed by atoms with van der Waals surface area (Å²) in [6.45, 7) is 2.09. The Morgan fingerprint density at radius 3 is 2.61 bits per heavy atom. The fourth-order valence-electron chi connectivity index (χ4n) is 4.36. The van der Waals surface area contributed by atoms with Gasteiger partial charge in [0.25, 0.3) is 0 Å². The average molecular weight is 400 g/mol. The molecule has 0 aromatic heterocycles. The number of aliphatic hydroxyl groups excluding tert-OH is 1. The molecule has 2 aliphatic heterocycles. The van der Waals surface area contributed by atoms with Gasteiger partial charge in [0.15, 0.2) is 0 Å². The molecule has 2 aromatic rings. The Morgan fingerprint density at radius 2 is 1.89 bits per heavy atom. The third-order valence-electron chi connectivity index (χ3n) is 5.64. The number of hydrogen-bond donors (Lipinski definition) is 2. The summed E-state index contributed by atoms with van der Waals surface area (Å²) < 4.78 is 0. The van der Waals surface area contributed by atoms with Crippen LogP contribution in [0.4, 0.5) is 16.2 Å². The van der Waals surface area contributed by atoms with Gasteiger partial charge in [0.1, 0.15) is 0 Å². The predicted octanol–water partition coefficient (Wildman–Crippen LogP) is 3.46. The van der Waals surface area contributed by atoms with Crippen LogP contribution in [0, 0.1) is 0 Å². The molecule has 0 spiro atoms. The van der Waals surface area contributed by atoms with Crippen LogP contribution in [-0.2, 0) is 4.79 Å². The van der Waals surface area contributed by atoms with Crippen molar-refractivity contribution in [3.05, 3.63) is 59.1 Å². The van der Waals surface area contributed by atoms with Crippen LogP contribution in [-0.4, -0.2) is 47.2 Å². The zero-order chi connectivity index (χ0) is 19.8. The van der Waals surface area contributed by atoms with Crippen molar-refractivity contribution in [3.8, 4) is 0 Å². The highest BCUT2D eigenvalue weighted by Gasteiger charge is 2.54. The minimum absolute atomic E-state index is 0.00820. The first-order valence-corrected chi connectivity index (χ1v) is 9.78. The van der Waals surface area contributed by atoms with Crippen molar-refractivity contribution >= 4 is 34.9 Å². The Balaban J connectivity index is 1.67. The van der Waals surface area contributed by atoms with Crippen LogP contribution in [0.5, 0.6) is 0 Å². The van der Waals surface area contributed by atoms with Crippen LogP contribution >= 0.6 is 11.6 Å². The molecule has 0 unspecified atom stereocenters. The lowest BCUT2D eigenvalue weighted by Gasteiger charge is -2.58. The first-order chi connectivity index (χ1) is 13.6. The van der Waals surface area contributed by atoms with Crippen molar-refractivity contribution in [1.82, 2.24) is 4.90 Å². The minimum Gasteiger partial charge on any atom is -0.394 e. The molecule has 0 saturated carbocycles. The Bertz CT molecular complexity index is 919. The summed E-state index contributed by atoms with van der Waals surface area (Å²) in [7, 11) is 0. The van der Waals surface area contributed by atoms with E-state index in [0.29, 0.717) is 23.7 Å². The largest absolute Gasteiger partial charge is 0.394 e. The van der Waals surface area contributed by atoms with Crippen LogP contribution in [0.3, 0.4) is 0 Å². The number of nitrogens with one attached hydrogen (secondary N) is 1. The highest BCUT2D eigenvalue weighted by molar-refractivity contribution is 6.33. The number of urea groups is 1. The van der Waals surface area contributed by atoms with E-state index in [9.17, 15) is 14.7 Å². The van der Waals surface area contributed by atoms with Gasteiger partial charge in [-0.2, -0.15) is 0 Å². The molecule has 0 radical (unpaired) electrons. The summed E-state index contributed by atoms with van der Waals surface area (Å²) in [6, 6.07) is 14.1. The molecule has 2 heterocycles. The summed E-state index contributed by atoms with van der Waals surface area (Å²) in [5.41, 5.74) is 2.32. The number of nitrogens with zero attached hydrogens (tertiary/aromatic N) is 2. The van der Waals surface area contributed by atoms with Gasteiger partial charge >= 0.3 is 6.03 Å². The number of anilines is 2. The van der Waals surface area contributed by atoms with Crippen LogP contribution < -0.4 is 10.2 Å². The molecule has 2 N–H and O–H groups in total. The molecule has 3 amide bonds. The number of rotatable bonds is 3. The lowest BCUT2D eigenvalue weighted by molar-refractivity contribution is -0.149. The fourth-order valence-corrected chi connectivity index (χ4v) is 4.54. The van der Waals surface area contributed by atoms with E-state index in [-0.39, 0.29) is 36.5 Å². The van der Waals surface area contributed by atoms with Gasteiger partial charge in [-0.05, 0) is 23.8 Å². The van der Waals surface area contributed by atoms with Crippen LogP contribution in [0.15, 0.2) is 48.5 Å². The van der Waals surface area contributed by atoms with Crippen LogP contribution in [0.1, 0.15) is 24.8 Å². The number of fused-ring (bicyclic) bond motifs is 3. The lowest BCUT2D eigenvalue weighted by Crippen LogP contribution is -2.70. The molecule has 146 valence electrons. The van der Waals surface area contributed by atoms with E-state index in [2.05, 4.69) is 5.32 Å². The molecular weight excluding hydrogens is 378 g/mol. The SMILES string of the molecule is CCC(=O)N1[C@@H]2CN(C(=O)Nc3ccccc3Cl)c3ccccc3[C@@H]2[C@@H]1CO. The predicted molar refractivity (Wildman–Crippen MR) is 109 cm³/mol. The van der Waals surface area contributed by atoms with Crippen molar-refractivity contribution in [3.63, 3.8) is 0 Å². The van der Waals surface area contributed by atoms with Crippen molar-refractivity contribution < 1.29 is 14.7 Å². The number of aliphatic hydroxyl groups is 1. The van der Waals surface area contributed by atoms with Gasteiger partial charge in [0.05, 0.1) is 29.4 Å². The minimum atomic E-state index is -0.296. The quantitative estimate of drug-likeness (QED) is 0.830. The maximum absolute atomic E-state index is 13.1. The zero-order valence-electron chi connectivity index (χ0n) is 15.5. The number of amides is 3. The molecule has 6 nitrogen and oxygen atoms in total. The van der Waals surface area contributed by atoms with Crippen molar-refractivity contribution in [2.75, 3.05) is 23.4 Å². The van der Waals surface area contributed by atoms with E-state index in [1.807, 2.05) is 31.2 Å². The van der Waals surface area contributed by atoms with Crippen molar-refractivity contribution in [2.24, 2.45) is 0 Å². The molecule has 4 rings (SSSR count). The molecule has 2 aliphatic rings. The molecule has 3 atom stereocenters. The van der Waals surface area contributed by atoms with Gasteiger partial charge < -0.3 is 15.3 Å². The van der Waals surface area contributed by atoms with Gasteiger partial charge in [-0.1, -0.05) is 48.9 Å². The maximum Gasteiger partial charge on any atom is 0.326 e. The normalized spacial score (nSPS) is 22.8. The molecule has 1 fully saturated rings. The third kappa shape index (κ3) is 2.93. The van der Waals surface area contributed by atoms with Crippen LogP contribution in [0.2, 0.25) is 5.02 Å². The fraction of sp³-hybridized carbons (Fsp3) is 0.333. The van der Waals surface area contributed by atoms with E-state index in [4.69, 9.17) is 11.6 Å². The average Bonchev–Trinajstić information content (AvgIpc) is 2.69. The first-order valence-electron chi connectivity index (χ1n) is 9.40. The van der Waals surface area contributed by atoms with Crippen LogP contribution in [0.25, 0.3) is 0 Å². The maximum atomic E-state index is 13.1. The van der Waals surface area contributed by atoms with Crippen molar-refractivity contribution in [2.45, 2.75) is 31.3 Å². The van der Waals surface area contributed by atoms with Gasteiger partial charge in [0.2, 0.25) is 5.91 Å². The van der Waals surface area contributed by atoms with E-state index < -0.39 is 0 Å². The topological polar surface area (TPSA) is 72.9 Å². The van der Waals surface area contributed by atoms with Crippen molar-refractivity contribution in [1.29, 1.82) is 0 Å². The highest BCUT2D eigenvalue weighted by Crippen LogP contribution is 2.48. The van der Waals surface area contributed by atoms with E-state index in [0.717, 1.165) is 11.3 Å². The monoisotopic (exact) mass is 399 g/mol. The highest BCUT2D eigenvalue weighted by atomic mass is 35.5. The Labute approximate surface area is 168 Å². The Morgan fingerprint density at radius 1 is 1.18 bits per heavy atom. The van der Waals surface area contributed by atoms with Gasteiger partial charge in [-0.15, -0.1) is 0 Å². The van der Waals surface area contributed by atoms with E-state index >= 15 is 0 Å². The number of likely N-dealkylation sites (tertiary alicyclic amines) is 1. The lowest BCUT2D eigenvalue weighted by atomic mass is 9.72. The van der Waals surface area contributed by atoms with Gasteiger partial charge in [0, 0.05) is 24.6 Å². The molecule has 1 saturated heterocycles. The molecule has 0 aliphatic carbocycles. The number of carbonyl (C=O) groups excluding carboxylic acids is 2. The first kappa shape index (κ1) is 18.8. The Kier molecular flexibility index (Phi) is 5.00. The molecule has 7 heteroatoms. The number of carbonyl (C=O) groups is 2. The van der Waals surface area contributed by atoms with E-state index in [1.165, 1.54) is 0 Å². The third-order valence-corrected chi connectivity index (χ3v) is 5.97. The second-order valence-electron chi connectivity index (χ2n) is 7.08. The van der Waals surface area contributed by atoms with E-state index in [1.54, 1.807) is 34.1 Å². The smallest absolute Gasteiger partial charge is 0.326 e. The second-order valence-corrected chi connectivity index (χ2v) is 7.48. The summed E-state index contributed by atoms with van der Waals surface area (Å²) >= 11 is 6.18. The summed E-state index contributed by atoms with van der Waals surface area (Å²) in [4.78, 5) is 28.9. The number of halogens is 1. The second kappa shape index (κ2) is 7.45. The summed E-state index contributed by atoms with van der Waals surface area (Å²) in [5, 5.41) is 13.2. The Hall–Kier alpha value is -2.57. The number of benzene rings is 2. The molecule has 0 bridgehead atoms. The summed E-state index contributed by atoms with van der Waals surface area (Å²) in [5.74, 6) is 0.0206. The molecule has 28 heavy (non-hydrogen) atoms. The zero-order valence-corrected chi connectivity index (χ0v) is 16.3. The van der Waals surface area contributed by atoms with Gasteiger partial charge in [-0.25, -0.2) is 4.79 Å². The molecule has 2 aromatic carbocycles. The molecular formula is C21H22ClN3O3. The van der Waals surface area contributed by atoms with Gasteiger partial charge in [-0.3, -0.25) is 9.69 Å². The number of para-hydroxylation sites is 2. The standard InChI is InChI=1S/C21H22ClN3O3/c1-2-19(27)25-17-11-24(21(28)23-15-9-5-4-8-14(15)22)16-10-6-3-7-13(16)20(17)18(25)12-26/h3-10,17-18,20,26H,2,11-12H2,1H3,(H,23,28)/t17-,18+,20+/m1/s1. The number of hydrogen-bond acceptors (Lipinski definition) is 3. The summed E-state index contributed by atoms with van der Waals surface area (Å²) in [6.07, 6.45) is 0.368.